The number of nitrogens with one attached hydrogen (secondary N) is 1. The Balaban J connectivity index is 1.71. The first-order valence-corrected chi connectivity index (χ1v) is 9.97. The van der Waals surface area contributed by atoms with Crippen molar-refractivity contribution in [1.29, 1.82) is 0 Å². The summed E-state index contributed by atoms with van der Waals surface area (Å²) in [5.41, 5.74) is 3.04. The number of carbonyl (C=O) groups excluding carboxylic acids is 1. The van der Waals surface area contributed by atoms with Crippen LogP contribution in [0.3, 0.4) is 0 Å². The van der Waals surface area contributed by atoms with Crippen molar-refractivity contribution in [2.75, 3.05) is 19.5 Å². The Bertz CT molecular complexity index is 1010. The average Bonchev–Trinajstić information content (AvgIpc) is 3.12. The SMILES string of the molecule is CCC(C)c1ccc2nc(NC(=O)/C=C/c3ccc(OC)c(OC)c3)sc2c1. The normalized spacial score (nSPS) is 12.3. The van der Waals surface area contributed by atoms with Crippen LogP contribution in [-0.4, -0.2) is 25.1 Å². The van der Waals surface area contributed by atoms with E-state index < -0.39 is 0 Å². The number of hydrogen-bond acceptors (Lipinski definition) is 5. The number of thiazole rings is 1. The van der Waals surface area contributed by atoms with Crippen LogP contribution in [-0.2, 0) is 4.79 Å². The summed E-state index contributed by atoms with van der Waals surface area (Å²) in [4.78, 5) is 16.8. The molecule has 0 aliphatic carbocycles. The minimum absolute atomic E-state index is 0.226. The van der Waals surface area contributed by atoms with Crippen molar-refractivity contribution < 1.29 is 14.3 Å². The number of nitrogens with zero attached hydrogens (tertiary/aromatic N) is 1. The zero-order valence-corrected chi connectivity index (χ0v) is 17.3. The first-order valence-electron chi connectivity index (χ1n) is 9.15. The van der Waals surface area contributed by atoms with Gasteiger partial charge in [-0.2, -0.15) is 0 Å². The van der Waals surface area contributed by atoms with Crippen LogP contribution in [0.15, 0.2) is 42.5 Å². The fourth-order valence-corrected chi connectivity index (χ4v) is 3.73. The van der Waals surface area contributed by atoms with Crippen LogP contribution in [0.2, 0.25) is 0 Å². The number of aromatic nitrogens is 1. The molecule has 5 nitrogen and oxygen atoms in total. The van der Waals surface area contributed by atoms with E-state index >= 15 is 0 Å². The number of benzene rings is 2. The molecule has 0 saturated carbocycles. The number of methoxy groups -OCH3 is 2. The van der Waals surface area contributed by atoms with Gasteiger partial charge in [0.05, 0.1) is 24.4 Å². The molecule has 1 heterocycles. The zero-order chi connectivity index (χ0) is 20.1. The van der Waals surface area contributed by atoms with Crippen LogP contribution < -0.4 is 14.8 Å². The van der Waals surface area contributed by atoms with Crippen molar-refractivity contribution in [3.8, 4) is 11.5 Å². The molecular weight excluding hydrogens is 372 g/mol. The number of hydrogen-bond donors (Lipinski definition) is 1. The van der Waals surface area contributed by atoms with Crippen molar-refractivity contribution in [1.82, 2.24) is 4.98 Å². The van der Waals surface area contributed by atoms with E-state index in [1.807, 2.05) is 18.2 Å². The van der Waals surface area contributed by atoms with E-state index in [4.69, 9.17) is 9.47 Å². The quantitative estimate of drug-likeness (QED) is 0.537. The van der Waals surface area contributed by atoms with Crippen molar-refractivity contribution in [3.63, 3.8) is 0 Å². The third-order valence-corrected chi connectivity index (χ3v) is 5.59. The summed E-state index contributed by atoms with van der Waals surface area (Å²) >= 11 is 1.49. The molecule has 6 heteroatoms. The lowest BCUT2D eigenvalue weighted by Gasteiger charge is -2.07. The number of carbonyl (C=O) groups is 1. The summed E-state index contributed by atoms with van der Waals surface area (Å²) in [6.45, 7) is 4.39. The molecule has 1 N–H and O–H groups in total. The summed E-state index contributed by atoms with van der Waals surface area (Å²) in [7, 11) is 3.17. The number of fused-ring (bicyclic) bond motifs is 1. The van der Waals surface area contributed by atoms with Crippen LogP contribution in [0.4, 0.5) is 5.13 Å². The molecule has 1 unspecified atom stereocenters. The van der Waals surface area contributed by atoms with E-state index in [0.29, 0.717) is 22.5 Å². The van der Waals surface area contributed by atoms with Gasteiger partial charge in [0.25, 0.3) is 0 Å². The summed E-state index contributed by atoms with van der Waals surface area (Å²) in [5, 5.41) is 3.44. The van der Waals surface area contributed by atoms with Gasteiger partial charge in [0.1, 0.15) is 0 Å². The second-order valence-corrected chi connectivity index (χ2v) is 7.52. The molecule has 1 aromatic heterocycles. The number of rotatable bonds is 7. The third-order valence-electron chi connectivity index (χ3n) is 4.66. The minimum Gasteiger partial charge on any atom is -0.493 e. The second kappa shape index (κ2) is 8.89. The fourth-order valence-electron chi connectivity index (χ4n) is 2.81. The number of amides is 1. The molecule has 0 aliphatic heterocycles. The highest BCUT2D eigenvalue weighted by Crippen LogP contribution is 2.30. The Morgan fingerprint density at radius 2 is 1.96 bits per heavy atom. The summed E-state index contributed by atoms with van der Waals surface area (Å²) in [6.07, 6.45) is 4.30. The highest BCUT2D eigenvalue weighted by atomic mass is 32.1. The number of anilines is 1. The van der Waals surface area contributed by atoms with Gasteiger partial charge in [-0.3, -0.25) is 10.1 Å². The van der Waals surface area contributed by atoms with E-state index in [-0.39, 0.29) is 5.91 Å². The summed E-state index contributed by atoms with van der Waals surface area (Å²) in [6, 6.07) is 11.8. The molecule has 0 saturated heterocycles. The molecule has 0 aliphatic rings. The molecular formula is C22H24N2O3S. The van der Waals surface area contributed by atoms with E-state index in [0.717, 1.165) is 22.2 Å². The number of ether oxygens (including phenoxy) is 2. The van der Waals surface area contributed by atoms with Gasteiger partial charge in [0.15, 0.2) is 16.6 Å². The summed E-state index contributed by atoms with van der Waals surface area (Å²) in [5.74, 6) is 1.55. The maximum atomic E-state index is 12.3. The van der Waals surface area contributed by atoms with Crippen molar-refractivity contribution in [3.05, 3.63) is 53.6 Å². The van der Waals surface area contributed by atoms with Crippen LogP contribution in [0, 0.1) is 0 Å². The van der Waals surface area contributed by atoms with Gasteiger partial charge >= 0.3 is 0 Å². The van der Waals surface area contributed by atoms with Gasteiger partial charge in [0, 0.05) is 6.08 Å². The zero-order valence-electron chi connectivity index (χ0n) is 16.5. The molecule has 0 bridgehead atoms. The Morgan fingerprint density at radius 3 is 2.68 bits per heavy atom. The van der Waals surface area contributed by atoms with E-state index in [9.17, 15) is 4.79 Å². The van der Waals surface area contributed by atoms with E-state index in [1.54, 1.807) is 26.4 Å². The maximum absolute atomic E-state index is 12.3. The van der Waals surface area contributed by atoms with Gasteiger partial charge in [-0.1, -0.05) is 37.3 Å². The Hall–Kier alpha value is -2.86. The van der Waals surface area contributed by atoms with Crippen molar-refractivity contribution in [2.24, 2.45) is 0 Å². The largest absolute Gasteiger partial charge is 0.493 e. The Kier molecular flexibility index (Phi) is 6.31. The van der Waals surface area contributed by atoms with Crippen molar-refractivity contribution in [2.45, 2.75) is 26.2 Å². The van der Waals surface area contributed by atoms with Gasteiger partial charge in [0.2, 0.25) is 5.91 Å². The molecule has 1 amide bonds. The minimum atomic E-state index is -0.226. The average molecular weight is 397 g/mol. The predicted molar refractivity (Wildman–Crippen MR) is 116 cm³/mol. The lowest BCUT2D eigenvalue weighted by atomic mass is 9.99. The van der Waals surface area contributed by atoms with Crippen LogP contribution >= 0.6 is 11.3 Å². The van der Waals surface area contributed by atoms with Crippen LogP contribution in [0.1, 0.15) is 37.3 Å². The standard InChI is InChI=1S/C22H24N2O3S/c1-5-14(2)16-8-9-17-20(13-16)28-22(23-17)24-21(25)11-7-15-6-10-18(26-3)19(12-15)27-4/h6-14H,5H2,1-4H3,(H,23,24,25)/b11-7+. The van der Waals surface area contributed by atoms with Gasteiger partial charge in [-0.15, -0.1) is 0 Å². The lowest BCUT2D eigenvalue weighted by molar-refractivity contribution is -0.111. The molecule has 0 spiro atoms. The molecule has 0 fully saturated rings. The molecule has 0 radical (unpaired) electrons. The first-order chi connectivity index (χ1) is 13.5. The smallest absolute Gasteiger partial charge is 0.250 e. The van der Waals surface area contributed by atoms with Gasteiger partial charge < -0.3 is 9.47 Å². The molecule has 3 aromatic rings. The predicted octanol–water partition coefficient (Wildman–Crippen LogP) is 5.48. The molecule has 2 aromatic carbocycles. The summed E-state index contributed by atoms with van der Waals surface area (Å²) < 4.78 is 11.6. The molecule has 1 atom stereocenters. The monoisotopic (exact) mass is 396 g/mol. The highest BCUT2D eigenvalue weighted by Gasteiger charge is 2.09. The van der Waals surface area contributed by atoms with Crippen LogP contribution in [0.25, 0.3) is 16.3 Å². The Morgan fingerprint density at radius 1 is 1.18 bits per heavy atom. The van der Waals surface area contributed by atoms with E-state index in [1.165, 1.54) is 23.0 Å². The van der Waals surface area contributed by atoms with Gasteiger partial charge in [-0.05, 0) is 53.8 Å². The lowest BCUT2D eigenvalue weighted by Crippen LogP contribution is -2.07. The van der Waals surface area contributed by atoms with E-state index in [2.05, 4.69) is 36.3 Å². The molecule has 28 heavy (non-hydrogen) atoms. The molecule has 146 valence electrons. The van der Waals surface area contributed by atoms with Gasteiger partial charge in [-0.25, -0.2) is 4.98 Å². The Labute approximate surface area is 169 Å². The van der Waals surface area contributed by atoms with Crippen LogP contribution in [0.5, 0.6) is 11.5 Å². The highest BCUT2D eigenvalue weighted by molar-refractivity contribution is 7.22. The second-order valence-electron chi connectivity index (χ2n) is 6.49. The topological polar surface area (TPSA) is 60.5 Å². The molecule has 3 rings (SSSR count). The first kappa shape index (κ1) is 19.9. The van der Waals surface area contributed by atoms with Crippen molar-refractivity contribution >= 4 is 38.7 Å². The maximum Gasteiger partial charge on any atom is 0.250 e. The fraction of sp³-hybridized carbons (Fsp3) is 0.273. The third kappa shape index (κ3) is 4.51.